The molecular formula is C58H86N6O7S2. The van der Waals surface area contributed by atoms with Gasteiger partial charge in [0.2, 0.25) is 0 Å². The number of aliphatic hydroxyl groups is 6. The number of allylic oxidation sites excluding steroid dienone is 3. The number of rotatable bonds is 7. The molecule has 402 valence electrons. The van der Waals surface area contributed by atoms with Crippen molar-refractivity contribution in [3.8, 4) is 0 Å². The van der Waals surface area contributed by atoms with Crippen molar-refractivity contribution in [1.82, 2.24) is 20.2 Å². The molecular weight excluding hydrogens is 957 g/mol. The molecule has 1 aliphatic heterocycles. The van der Waals surface area contributed by atoms with Crippen LogP contribution < -0.4 is 16.4 Å². The van der Waals surface area contributed by atoms with E-state index in [1.807, 2.05) is 23.3 Å². The van der Waals surface area contributed by atoms with Gasteiger partial charge in [-0.1, -0.05) is 71.1 Å². The van der Waals surface area contributed by atoms with Gasteiger partial charge in [0.25, 0.3) is 0 Å². The number of carbonyl (C=O) groups is 1. The normalized spacial score (nSPS) is 48.3. The van der Waals surface area contributed by atoms with Crippen LogP contribution in [0.5, 0.6) is 0 Å². The highest BCUT2D eigenvalue weighted by molar-refractivity contribution is 8.76. The van der Waals surface area contributed by atoms with Crippen LogP contribution in [0.4, 0.5) is 0 Å². The Bertz CT molecular complexity index is 2440. The van der Waals surface area contributed by atoms with E-state index in [1.54, 1.807) is 47.6 Å². The molecule has 13 nitrogen and oxygen atoms in total. The topological polar surface area (TPSA) is 219 Å². The van der Waals surface area contributed by atoms with Crippen LogP contribution in [-0.2, 0) is 4.79 Å². The van der Waals surface area contributed by atoms with Gasteiger partial charge in [0.05, 0.1) is 36.8 Å². The lowest BCUT2D eigenvalue weighted by Crippen LogP contribution is -2.69. The minimum absolute atomic E-state index is 0.0816. The van der Waals surface area contributed by atoms with Crippen molar-refractivity contribution in [2.75, 3.05) is 38.2 Å². The first kappa shape index (κ1) is 51.5. The Morgan fingerprint density at radius 3 is 2.55 bits per heavy atom. The summed E-state index contributed by atoms with van der Waals surface area (Å²) in [6.45, 7) is 8.86. The maximum atomic E-state index is 15.2. The largest absolute Gasteiger partial charge is 0.396 e. The average molecular weight is 1040 g/mol. The van der Waals surface area contributed by atoms with Crippen molar-refractivity contribution < 1.29 is 35.4 Å². The standard InChI is InChI=1S/C58H86N6O7S2/c1-30(66)63-53(59)62-24-33-21-57(28-65)41-18-35(58(57,71)42-19-43(67)49-40(25-60-5)51(69)44(68)23-55(49,4)47(33)42)26-72-73-27-36(64-15-14-61-29-64)22-54(2,3)50-39-16-31-11-12-34-9-7-13-56(34,20-31)48(39)37-10-6-8-32-17-38(41)52(70)46(50)45(32)37/h14-15,19,29-36,38,40-41,44,46-49,51-52,60,65-66,68-71H,6-13,16-18,20-28H2,1-5H3,(H3,59,62,63). The Hall–Kier alpha value is -2.21. The highest BCUT2D eigenvalue weighted by atomic mass is 33.1. The number of nitrogens with one attached hydrogen (secondary N) is 2. The number of nitrogens with zero attached hydrogens (tertiary/aromatic N) is 3. The maximum absolute atomic E-state index is 15.2. The van der Waals surface area contributed by atoms with Crippen LogP contribution in [-0.4, -0.2) is 120 Å². The summed E-state index contributed by atoms with van der Waals surface area (Å²) >= 11 is 0. The summed E-state index contributed by atoms with van der Waals surface area (Å²) in [7, 11) is 5.44. The molecule has 11 aliphatic rings. The highest BCUT2D eigenvalue weighted by Crippen LogP contribution is 2.75. The molecule has 7 saturated carbocycles. The first-order valence-corrected chi connectivity index (χ1v) is 31.1. The molecule has 0 amide bonds. The van der Waals surface area contributed by atoms with Crippen LogP contribution in [0.1, 0.15) is 130 Å². The summed E-state index contributed by atoms with van der Waals surface area (Å²) in [5, 5.41) is 81.1. The van der Waals surface area contributed by atoms with Crippen molar-refractivity contribution in [3.63, 3.8) is 0 Å². The van der Waals surface area contributed by atoms with Crippen molar-refractivity contribution in [2.24, 2.45) is 103 Å². The number of aromatic nitrogens is 2. The molecule has 10 aliphatic carbocycles. The van der Waals surface area contributed by atoms with Gasteiger partial charge in [-0.25, -0.2) is 4.98 Å². The Morgan fingerprint density at radius 1 is 0.986 bits per heavy atom. The van der Waals surface area contributed by atoms with Crippen LogP contribution >= 0.6 is 21.6 Å². The van der Waals surface area contributed by atoms with Crippen molar-refractivity contribution in [3.05, 3.63) is 52.7 Å². The fraction of sp³-hybridized carbons (Fsp3) is 0.810. The number of guanidine groups is 1. The second-order valence-electron chi connectivity index (χ2n) is 26.9. The lowest BCUT2D eigenvalue weighted by atomic mass is 9.40. The number of ketones is 1. The summed E-state index contributed by atoms with van der Waals surface area (Å²) in [6.07, 6.45) is 19.2. The molecule has 1 aromatic heterocycles. The number of hydrogen-bond acceptors (Lipinski definition) is 12. The fourth-order valence-corrected chi connectivity index (χ4v) is 23.8. The third kappa shape index (κ3) is 7.57. The number of imidazole rings is 1. The Morgan fingerprint density at radius 2 is 1.79 bits per heavy atom. The quantitative estimate of drug-likeness (QED) is 0.0465. The van der Waals surface area contributed by atoms with Gasteiger partial charge >= 0.3 is 0 Å². The second-order valence-corrected chi connectivity index (χ2v) is 29.4. The monoisotopic (exact) mass is 1040 g/mol. The van der Waals surface area contributed by atoms with E-state index in [2.05, 4.69) is 47.2 Å². The van der Waals surface area contributed by atoms with Gasteiger partial charge in [-0.15, -0.1) is 0 Å². The Labute approximate surface area is 441 Å². The molecule has 73 heavy (non-hydrogen) atoms. The molecule has 2 heterocycles. The van der Waals surface area contributed by atoms with E-state index < -0.39 is 58.7 Å². The van der Waals surface area contributed by atoms with Gasteiger partial charge in [0.15, 0.2) is 11.7 Å². The zero-order chi connectivity index (χ0) is 51.1. The number of aliphatic hydroxyl groups excluding tert-OH is 5. The molecule has 21 unspecified atom stereocenters. The third-order valence-electron chi connectivity index (χ3n) is 23.1. The molecule has 8 fully saturated rings. The van der Waals surface area contributed by atoms with Crippen LogP contribution in [0.15, 0.2) is 57.7 Å². The first-order chi connectivity index (χ1) is 34.9. The number of carbonyl (C=O) groups excluding carboxylic acids is 1. The number of hydrogen-bond donors (Lipinski definition) is 9. The van der Waals surface area contributed by atoms with E-state index >= 15 is 4.79 Å². The predicted octanol–water partition coefficient (Wildman–Crippen LogP) is 6.56. The zero-order valence-electron chi connectivity index (χ0n) is 44.1. The fourth-order valence-electron chi connectivity index (χ4n) is 21.1. The van der Waals surface area contributed by atoms with Gasteiger partial charge in [0, 0.05) is 78.0 Å². The average Bonchev–Trinajstić information content (AvgIpc) is 4.09. The van der Waals surface area contributed by atoms with Crippen LogP contribution in [0, 0.1) is 92.7 Å². The Balaban J connectivity index is 1.05. The molecule has 1 aromatic rings. The maximum Gasteiger partial charge on any atom is 0.190 e. The lowest BCUT2D eigenvalue weighted by molar-refractivity contribution is -0.194. The predicted molar refractivity (Wildman–Crippen MR) is 286 cm³/mol. The molecule has 0 radical (unpaired) electrons. The van der Waals surface area contributed by atoms with E-state index in [0.717, 1.165) is 50.2 Å². The minimum atomic E-state index is -1.63. The van der Waals surface area contributed by atoms with Gasteiger partial charge in [0.1, 0.15) is 6.23 Å². The van der Waals surface area contributed by atoms with Crippen LogP contribution in [0.25, 0.3) is 0 Å². The molecule has 1 saturated heterocycles. The van der Waals surface area contributed by atoms with Crippen molar-refractivity contribution in [2.45, 2.75) is 160 Å². The van der Waals surface area contributed by atoms with E-state index in [0.29, 0.717) is 53.9 Å². The molecule has 10 N–H and O–H groups in total. The van der Waals surface area contributed by atoms with E-state index in [1.165, 1.54) is 44.1 Å². The van der Waals surface area contributed by atoms with Gasteiger partial charge < -0.3 is 51.6 Å². The lowest BCUT2D eigenvalue weighted by Gasteiger charge is -2.65. The molecule has 6 bridgehead atoms. The zero-order valence-corrected chi connectivity index (χ0v) is 45.7. The highest BCUT2D eigenvalue weighted by Gasteiger charge is 2.75. The van der Waals surface area contributed by atoms with Gasteiger partial charge in [-0.3, -0.25) is 9.79 Å². The summed E-state index contributed by atoms with van der Waals surface area (Å²) in [5.74, 6) is 0.511. The summed E-state index contributed by atoms with van der Waals surface area (Å²) in [6, 6.07) is 0.139. The van der Waals surface area contributed by atoms with E-state index in [-0.39, 0.29) is 72.4 Å². The van der Waals surface area contributed by atoms with E-state index in [4.69, 9.17) is 10.7 Å². The molecule has 15 heteroatoms. The Kier molecular flexibility index (Phi) is 13.2. The molecule has 21 atom stereocenters. The number of nitrogens with two attached hydrogens (primary N) is 1. The van der Waals surface area contributed by atoms with Crippen molar-refractivity contribution in [1.29, 1.82) is 0 Å². The summed E-state index contributed by atoms with van der Waals surface area (Å²) in [5.41, 5.74) is 9.96. The SMILES string of the molecule is CNCC1C(O)C(O)CC2(C)C3C(=CC(=O)C12)C1(O)C2CSSCC(n4ccnc4)CC(C)(C)C4=C5CC6CCC7CCCC7(C6)C5C5=C6C(CCC5)CC(C(O)C64)C(C2)C1(CO)CC3CN=C(N)NC(C)O. The van der Waals surface area contributed by atoms with Crippen molar-refractivity contribution >= 4 is 33.3 Å². The first-order valence-electron chi connectivity index (χ1n) is 28.6. The number of aliphatic imine (C=N–C) groups is 1. The molecule has 1 spiro atoms. The minimum Gasteiger partial charge on any atom is -0.396 e. The summed E-state index contributed by atoms with van der Waals surface area (Å²) < 4.78 is 2.31. The smallest absolute Gasteiger partial charge is 0.190 e. The molecule has 12 rings (SSSR count). The summed E-state index contributed by atoms with van der Waals surface area (Å²) in [4.78, 5) is 24.7. The van der Waals surface area contributed by atoms with Gasteiger partial charge in [-0.05, 0) is 173 Å². The second kappa shape index (κ2) is 18.7. The van der Waals surface area contributed by atoms with Crippen LogP contribution in [0.3, 0.4) is 0 Å². The van der Waals surface area contributed by atoms with E-state index in [9.17, 15) is 30.6 Å². The van der Waals surface area contributed by atoms with Crippen LogP contribution in [0.2, 0.25) is 0 Å². The molecule has 0 aromatic carbocycles. The number of fused-ring (bicyclic) bond motifs is 14. The van der Waals surface area contributed by atoms with Gasteiger partial charge in [-0.2, -0.15) is 0 Å². The third-order valence-corrected chi connectivity index (χ3v) is 25.6.